The molecule has 6 nitrogen and oxygen atoms in total. The van der Waals surface area contributed by atoms with E-state index >= 15 is 0 Å². The summed E-state index contributed by atoms with van der Waals surface area (Å²) in [6.45, 7) is 3.45. The molecule has 3 rings (SSSR count). The molecule has 0 unspecified atom stereocenters. The number of esters is 1. The van der Waals surface area contributed by atoms with Crippen molar-refractivity contribution < 1.29 is 23.4 Å². The Labute approximate surface area is 156 Å². The predicted molar refractivity (Wildman–Crippen MR) is 101 cm³/mol. The van der Waals surface area contributed by atoms with Gasteiger partial charge < -0.3 is 18.6 Å². The molecule has 0 aliphatic heterocycles. The van der Waals surface area contributed by atoms with E-state index in [2.05, 4.69) is 0 Å². The summed E-state index contributed by atoms with van der Waals surface area (Å²) in [6.07, 6.45) is 0. The second kappa shape index (κ2) is 7.95. The quantitative estimate of drug-likeness (QED) is 0.617. The number of hydrogen-bond acceptors (Lipinski definition) is 6. The first-order valence-corrected chi connectivity index (χ1v) is 8.53. The van der Waals surface area contributed by atoms with Gasteiger partial charge in [0.25, 0.3) is 0 Å². The molecule has 2 aromatic carbocycles. The van der Waals surface area contributed by atoms with Crippen molar-refractivity contribution in [2.75, 3.05) is 20.3 Å². The topological polar surface area (TPSA) is 75.0 Å². The number of ether oxygens (including phenoxy) is 3. The first kappa shape index (κ1) is 18.5. The molecule has 0 N–H and O–H groups in total. The molecule has 0 radical (unpaired) electrons. The van der Waals surface area contributed by atoms with Crippen molar-refractivity contribution in [1.29, 1.82) is 0 Å². The highest BCUT2D eigenvalue weighted by atomic mass is 16.6. The van der Waals surface area contributed by atoms with Gasteiger partial charge in [-0.05, 0) is 50.2 Å². The standard InChI is InChI=1S/C21H20O6/c1-4-25-18(22)12-26-21-19(23)16-11-13(2)5-10-17(16)27-20(21)14-6-8-15(24-3)9-7-14/h5-11H,4,12H2,1-3H3. The first-order valence-electron chi connectivity index (χ1n) is 8.53. The third kappa shape index (κ3) is 3.95. The normalized spacial score (nSPS) is 10.6. The van der Waals surface area contributed by atoms with Gasteiger partial charge in [-0.2, -0.15) is 0 Å². The zero-order valence-electron chi connectivity index (χ0n) is 15.4. The lowest BCUT2D eigenvalue weighted by atomic mass is 10.1. The van der Waals surface area contributed by atoms with Crippen LogP contribution in [0.1, 0.15) is 12.5 Å². The minimum absolute atomic E-state index is 0.0219. The van der Waals surface area contributed by atoms with Crippen LogP contribution in [0, 0.1) is 6.92 Å². The molecular weight excluding hydrogens is 348 g/mol. The van der Waals surface area contributed by atoms with Gasteiger partial charge in [-0.25, -0.2) is 4.79 Å². The summed E-state index contributed by atoms with van der Waals surface area (Å²) in [7, 11) is 1.57. The number of methoxy groups -OCH3 is 1. The number of hydrogen-bond donors (Lipinski definition) is 0. The Kier molecular flexibility index (Phi) is 5.45. The maximum atomic E-state index is 13.0. The van der Waals surface area contributed by atoms with Crippen LogP contribution in [0.15, 0.2) is 51.7 Å². The van der Waals surface area contributed by atoms with Crippen molar-refractivity contribution in [1.82, 2.24) is 0 Å². The molecule has 140 valence electrons. The summed E-state index contributed by atoms with van der Waals surface area (Å²) in [5.41, 5.74) is 1.66. The van der Waals surface area contributed by atoms with Gasteiger partial charge in [0.15, 0.2) is 12.4 Å². The maximum Gasteiger partial charge on any atom is 0.344 e. The van der Waals surface area contributed by atoms with E-state index in [-0.39, 0.29) is 30.2 Å². The van der Waals surface area contributed by atoms with Gasteiger partial charge in [0.1, 0.15) is 11.3 Å². The van der Waals surface area contributed by atoms with E-state index in [0.717, 1.165) is 5.56 Å². The molecule has 0 aliphatic rings. The highest BCUT2D eigenvalue weighted by molar-refractivity contribution is 5.83. The summed E-state index contributed by atoms with van der Waals surface area (Å²) < 4.78 is 21.5. The summed E-state index contributed by atoms with van der Waals surface area (Å²) in [6, 6.07) is 12.4. The zero-order valence-corrected chi connectivity index (χ0v) is 15.4. The fraction of sp³-hybridized carbons (Fsp3) is 0.238. The van der Waals surface area contributed by atoms with E-state index in [0.29, 0.717) is 22.3 Å². The lowest BCUT2D eigenvalue weighted by Crippen LogP contribution is -2.18. The Balaban J connectivity index is 2.13. The van der Waals surface area contributed by atoms with Crippen LogP contribution in [0.4, 0.5) is 0 Å². The summed E-state index contributed by atoms with van der Waals surface area (Å²) >= 11 is 0. The lowest BCUT2D eigenvalue weighted by molar-refractivity contribution is -0.145. The molecule has 27 heavy (non-hydrogen) atoms. The molecule has 0 saturated carbocycles. The van der Waals surface area contributed by atoms with Crippen LogP contribution in [0.2, 0.25) is 0 Å². The van der Waals surface area contributed by atoms with Crippen LogP contribution in [0.5, 0.6) is 11.5 Å². The Morgan fingerprint density at radius 3 is 2.52 bits per heavy atom. The zero-order chi connectivity index (χ0) is 19.4. The number of rotatable bonds is 6. The second-order valence-electron chi connectivity index (χ2n) is 5.91. The number of benzene rings is 2. The lowest BCUT2D eigenvalue weighted by Gasteiger charge is -2.12. The average Bonchev–Trinajstić information content (AvgIpc) is 2.68. The molecule has 1 aromatic heterocycles. The SMILES string of the molecule is CCOC(=O)COc1c(-c2ccc(OC)cc2)oc2ccc(C)cc2c1=O. The largest absolute Gasteiger partial charge is 0.497 e. The van der Waals surface area contributed by atoms with Crippen LogP contribution in [-0.2, 0) is 9.53 Å². The predicted octanol–water partition coefficient (Wildman–Crippen LogP) is 3.72. The van der Waals surface area contributed by atoms with Crippen molar-refractivity contribution in [3.05, 3.63) is 58.3 Å². The molecule has 0 atom stereocenters. The highest BCUT2D eigenvalue weighted by Gasteiger charge is 2.19. The van der Waals surface area contributed by atoms with Gasteiger partial charge in [-0.15, -0.1) is 0 Å². The van der Waals surface area contributed by atoms with Gasteiger partial charge >= 0.3 is 5.97 Å². The van der Waals surface area contributed by atoms with Crippen LogP contribution in [0.3, 0.4) is 0 Å². The van der Waals surface area contributed by atoms with E-state index in [1.165, 1.54) is 0 Å². The molecule has 0 amide bonds. The number of carbonyl (C=O) groups excluding carboxylic acids is 1. The fourth-order valence-corrected chi connectivity index (χ4v) is 2.69. The molecule has 6 heteroatoms. The average molecular weight is 368 g/mol. The maximum absolute atomic E-state index is 13.0. The molecule has 0 bridgehead atoms. The van der Waals surface area contributed by atoms with Crippen molar-refractivity contribution >= 4 is 16.9 Å². The molecule has 0 saturated heterocycles. The third-order valence-corrected chi connectivity index (χ3v) is 4.00. The van der Waals surface area contributed by atoms with Crippen LogP contribution < -0.4 is 14.9 Å². The second-order valence-corrected chi connectivity index (χ2v) is 5.91. The molecular formula is C21H20O6. The molecule has 0 spiro atoms. The Morgan fingerprint density at radius 2 is 1.85 bits per heavy atom. The summed E-state index contributed by atoms with van der Waals surface area (Å²) in [5, 5.41) is 0.395. The summed E-state index contributed by atoms with van der Waals surface area (Å²) in [4.78, 5) is 24.7. The highest BCUT2D eigenvalue weighted by Crippen LogP contribution is 2.32. The van der Waals surface area contributed by atoms with E-state index in [4.69, 9.17) is 18.6 Å². The van der Waals surface area contributed by atoms with Crippen LogP contribution in [0.25, 0.3) is 22.3 Å². The van der Waals surface area contributed by atoms with E-state index in [1.807, 2.05) is 13.0 Å². The number of aryl methyl sites for hydroxylation is 1. The van der Waals surface area contributed by atoms with Gasteiger partial charge in [0, 0.05) is 5.56 Å². The number of carbonyl (C=O) groups is 1. The van der Waals surface area contributed by atoms with Gasteiger partial charge in [0.2, 0.25) is 11.2 Å². The van der Waals surface area contributed by atoms with Crippen molar-refractivity contribution in [2.45, 2.75) is 13.8 Å². The van der Waals surface area contributed by atoms with Gasteiger partial charge in [0.05, 0.1) is 19.1 Å². The van der Waals surface area contributed by atoms with E-state index in [1.54, 1.807) is 50.4 Å². The van der Waals surface area contributed by atoms with E-state index in [9.17, 15) is 9.59 Å². The monoisotopic (exact) mass is 368 g/mol. The molecule has 3 aromatic rings. The van der Waals surface area contributed by atoms with Gasteiger partial charge in [-0.1, -0.05) is 11.6 Å². The van der Waals surface area contributed by atoms with Crippen LogP contribution in [-0.4, -0.2) is 26.3 Å². The minimum Gasteiger partial charge on any atom is -0.497 e. The van der Waals surface area contributed by atoms with Crippen molar-refractivity contribution in [3.8, 4) is 22.8 Å². The van der Waals surface area contributed by atoms with Crippen LogP contribution >= 0.6 is 0 Å². The fourth-order valence-electron chi connectivity index (χ4n) is 2.69. The van der Waals surface area contributed by atoms with Gasteiger partial charge in [-0.3, -0.25) is 4.79 Å². The number of fused-ring (bicyclic) bond motifs is 1. The summed E-state index contributed by atoms with van der Waals surface area (Å²) in [5.74, 6) is 0.350. The third-order valence-electron chi connectivity index (χ3n) is 4.00. The molecule has 1 heterocycles. The Bertz CT molecular complexity index is 1020. The Hall–Kier alpha value is -3.28. The molecule has 0 aliphatic carbocycles. The van der Waals surface area contributed by atoms with Crippen molar-refractivity contribution in [3.63, 3.8) is 0 Å². The minimum atomic E-state index is -0.554. The smallest absolute Gasteiger partial charge is 0.344 e. The van der Waals surface area contributed by atoms with E-state index < -0.39 is 5.97 Å². The Morgan fingerprint density at radius 1 is 1.11 bits per heavy atom. The molecule has 0 fully saturated rings. The van der Waals surface area contributed by atoms with Crippen molar-refractivity contribution in [2.24, 2.45) is 0 Å². The first-order chi connectivity index (χ1) is 13.0.